The summed E-state index contributed by atoms with van der Waals surface area (Å²) in [6.07, 6.45) is 0. The molecule has 0 aliphatic rings. The fourth-order valence-electron chi connectivity index (χ4n) is 13.5. The molecule has 0 radical (unpaired) electrons. The Bertz CT molecular complexity index is 5800. The highest BCUT2D eigenvalue weighted by Crippen LogP contribution is 2.46. The molecule has 6 heteroatoms. The van der Waals surface area contributed by atoms with Crippen molar-refractivity contribution in [1.82, 2.24) is 0 Å². The Labute approximate surface area is 537 Å². The summed E-state index contributed by atoms with van der Waals surface area (Å²) in [6, 6.07) is 113. The SMILES string of the molecule is Brc1cccc(-c2cc3c4ccccc4c4ccccc4c3cc2-c2ccccc2)c1.OB(O)c1cccc2c1sc1ccccc12.c1ccc(-c2cc3c4ccccc4c4ccccc4c3cc2-c2cccc(-c3cccc4c3sc3ccccc34)c2)cc1. The molecule has 0 bridgehead atoms. The van der Waals surface area contributed by atoms with Gasteiger partial charge in [-0.1, -0.05) is 277 Å². The van der Waals surface area contributed by atoms with Crippen molar-refractivity contribution in [3.8, 4) is 55.6 Å². The number of hydrogen-bond acceptors (Lipinski definition) is 4. The minimum absolute atomic E-state index is 0.582. The summed E-state index contributed by atoms with van der Waals surface area (Å²) >= 11 is 7.15. The van der Waals surface area contributed by atoms with Crippen LogP contribution in [0.2, 0.25) is 0 Å². The molecule has 2 N–H and O–H groups in total. The van der Waals surface area contributed by atoms with Gasteiger partial charge in [-0.3, -0.25) is 0 Å². The Morgan fingerprint density at radius 2 is 0.522 bits per heavy atom. The van der Waals surface area contributed by atoms with Crippen molar-refractivity contribution in [1.29, 1.82) is 0 Å². The van der Waals surface area contributed by atoms with Crippen LogP contribution in [0.15, 0.2) is 320 Å². The minimum atomic E-state index is -1.41. The highest BCUT2D eigenvalue weighted by molar-refractivity contribution is 9.10. The molecule has 0 spiro atoms. The summed E-state index contributed by atoms with van der Waals surface area (Å²) < 4.78 is 5.90. The third kappa shape index (κ3) is 9.91. The predicted octanol–water partition coefficient (Wildman–Crippen LogP) is 23.5. The number of hydrogen-bond donors (Lipinski definition) is 2. The van der Waals surface area contributed by atoms with Crippen LogP contribution in [-0.2, 0) is 0 Å². The van der Waals surface area contributed by atoms with Crippen LogP contribution < -0.4 is 5.46 Å². The molecule has 0 amide bonds. The molecule has 18 aromatic rings. The molecule has 2 nitrogen and oxygen atoms in total. The van der Waals surface area contributed by atoms with Crippen molar-refractivity contribution in [3.63, 3.8) is 0 Å². The van der Waals surface area contributed by atoms with Gasteiger partial charge in [-0.25, -0.2) is 0 Å². The first-order valence-electron chi connectivity index (χ1n) is 30.3. The van der Waals surface area contributed by atoms with E-state index in [1.807, 2.05) is 41.7 Å². The molecule has 0 aliphatic carbocycles. The quantitative estimate of drug-likeness (QED) is 0.129. The van der Waals surface area contributed by atoms with Crippen molar-refractivity contribution in [2.75, 3.05) is 0 Å². The van der Waals surface area contributed by atoms with Crippen molar-refractivity contribution in [3.05, 3.63) is 320 Å². The first-order chi connectivity index (χ1) is 44.4. The lowest BCUT2D eigenvalue weighted by Gasteiger charge is -2.17. The average molecular weight is 1250 g/mol. The van der Waals surface area contributed by atoms with E-state index in [-0.39, 0.29) is 0 Å². The maximum absolute atomic E-state index is 9.31. The molecule has 90 heavy (non-hydrogen) atoms. The normalized spacial score (nSPS) is 11.5. The first kappa shape index (κ1) is 55.3. The summed E-state index contributed by atoms with van der Waals surface area (Å²) in [4.78, 5) is 0. The topological polar surface area (TPSA) is 40.5 Å². The number of thiophene rings is 2. The Balaban J connectivity index is 0.000000120. The summed E-state index contributed by atoms with van der Waals surface area (Å²) in [5, 5.41) is 39.1. The van der Waals surface area contributed by atoms with E-state index in [1.165, 1.54) is 151 Å². The smallest absolute Gasteiger partial charge is 0.423 e. The van der Waals surface area contributed by atoms with Gasteiger partial charge in [0.1, 0.15) is 0 Å². The Kier molecular flexibility index (Phi) is 14.4. The molecule has 0 saturated heterocycles. The van der Waals surface area contributed by atoms with Crippen molar-refractivity contribution >= 4 is 156 Å². The molecule has 0 atom stereocenters. The van der Waals surface area contributed by atoms with E-state index in [1.54, 1.807) is 17.4 Å². The fourth-order valence-corrected chi connectivity index (χ4v) is 16.4. The number of fused-ring (bicyclic) bond motifs is 18. The van der Waals surface area contributed by atoms with Gasteiger partial charge in [0.15, 0.2) is 0 Å². The summed E-state index contributed by atoms with van der Waals surface area (Å²) in [6.45, 7) is 0. The van der Waals surface area contributed by atoms with Crippen LogP contribution in [-0.4, -0.2) is 17.2 Å². The average Bonchev–Trinajstić information content (AvgIpc) is 1.17. The van der Waals surface area contributed by atoms with Crippen LogP contribution in [0.5, 0.6) is 0 Å². The van der Waals surface area contributed by atoms with Crippen molar-refractivity contribution in [2.24, 2.45) is 0 Å². The summed E-state index contributed by atoms with van der Waals surface area (Å²) in [5.41, 5.74) is 13.0. The van der Waals surface area contributed by atoms with Crippen LogP contribution >= 0.6 is 38.6 Å². The fraction of sp³-hybridized carbons (Fsp3) is 0. The number of rotatable bonds is 6. The van der Waals surface area contributed by atoms with Crippen molar-refractivity contribution in [2.45, 2.75) is 0 Å². The van der Waals surface area contributed by atoms with E-state index >= 15 is 0 Å². The van der Waals surface area contributed by atoms with E-state index in [4.69, 9.17) is 0 Å². The Morgan fingerprint density at radius 1 is 0.222 bits per heavy atom. The van der Waals surface area contributed by atoms with Gasteiger partial charge < -0.3 is 10.0 Å². The van der Waals surface area contributed by atoms with E-state index in [9.17, 15) is 10.0 Å². The lowest BCUT2D eigenvalue weighted by molar-refractivity contribution is 0.426. The van der Waals surface area contributed by atoms with Gasteiger partial charge >= 0.3 is 7.12 Å². The predicted molar refractivity (Wildman–Crippen MR) is 395 cm³/mol. The maximum atomic E-state index is 9.31. The largest absolute Gasteiger partial charge is 0.489 e. The van der Waals surface area contributed by atoms with Gasteiger partial charge in [0.2, 0.25) is 0 Å². The molecular weight excluding hydrogens is 1200 g/mol. The Morgan fingerprint density at radius 3 is 0.956 bits per heavy atom. The number of halogens is 1. The van der Waals surface area contributed by atoms with E-state index in [0.717, 1.165) is 14.6 Å². The standard InChI is InChI=1S/C42H26S.C30H19Br.C12H9BO2S/c1-2-12-27(13-3-1)37-25-39-33-18-6-4-16-31(33)32-17-5-7-19-34(32)40(39)26-38(37)29-15-10-14-28(24-29)30-21-11-22-36-35-20-8-9-23-41(35)43-42(30)36;31-22-12-8-11-21(17-22)28-19-30-26-16-7-5-14-24(26)23-13-4-6-15-25(23)29(30)18-27(28)20-9-2-1-3-10-20;14-13(15)10-6-3-5-9-8-4-1-2-7-11(8)16-12(9)10/h1-26H;1-19H;1-7,14-15H. The summed E-state index contributed by atoms with van der Waals surface area (Å²) in [5.74, 6) is 0. The van der Waals surface area contributed by atoms with Gasteiger partial charge in [0.05, 0.1) is 0 Å². The second-order valence-electron chi connectivity index (χ2n) is 22.9. The molecule has 2 heterocycles. The molecule has 0 saturated carbocycles. The zero-order valence-corrected chi connectivity index (χ0v) is 51.9. The highest BCUT2D eigenvalue weighted by atomic mass is 79.9. The molecule has 424 valence electrons. The third-order valence-corrected chi connectivity index (χ3v) is 20.6. The van der Waals surface area contributed by atoms with E-state index < -0.39 is 7.12 Å². The maximum Gasteiger partial charge on any atom is 0.489 e. The first-order valence-corrected chi connectivity index (χ1v) is 32.7. The van der Waals surface area contributed by atoms with Crippen LogP contribution in [0.4, 0.5) is 0 Å². The van der Waals surface area contributed by atoms with E-state index in [0.29, 0.717) is 5.46 Å². The number of benzene rings is 16. The van der Waals surface area contributed by atoms with Gasteiger partial charge in [-0.05, 0) is 186 Å². The zero-order chi connectivity index (χ0) is 60.2. The van der Waals surface area contributed by atoms with Crippen LogP contribution in [0, 0.1) is 0 Å². The summed E-state index contributed by atoms with van der Waals surface area (Å²) in [7, 11) is -1.41. The van der Waals surface area contributed by atoms with E-state index in [2.05, 4.69) is 295 Å². The second kappa shape index (κ2) is 23.5. The Hall–Kier alpha value is -10.0. The second-order valence-corrected chi connectivity index (χ2v) is 25.9. The molecule has 18 rings (SSSR count). The third-order valence-electron chi connectivity index (χ3n) is 17.7. The lowest BCUT2D eigenvalue weighted by Crippen LogP contribution is -2.29. The van der Waals surface area contributed by atoms with Gasteiger partial charge in [-0.2, -0.15) is 0 Å². The molecule has 0 aliphatic heterocycles. The van der Waals surface area contributed by atoms with Gasteiger partial charge in [0.25, 0.3) is 0 Å². The molecule has 0 fully saturated rings. The molecule has 2 aromatic heterocycles. The van der Waals surface area contributed by atoms with Crippen LogP contribution in [0.25, 0.3) is 161 Å². The lowest BCUT2D eigenvalue weighted by atomic mass is 9.80. The van der Waals surface area contributed by atoms with Crippen LogP contribution in [0.1, 0.15) is 0 Å². The highest BCUT2D eigenvalue weighted by Gasteiger charge is 2.20. The molecular formula is C84H54BBrO2S2. The van der Waals surface area contributed by atoms with Gasteiger partial charge in [0, 0.05) is 39.4 Å². The molecule has 0 unspecified atom stereocenters. The minimum Gasteiger partial charge on any atom is -0.423 e. The van der Waals surface area contributed by atoms with Crippen molar-refractivity contribution < 1.29 is 10.0 Å². The van der Waals surface area contributed by atoms with Crippen LogP contribution in [0.3, 0.4) is 0 Å². The zero-order valence-electron chi connectivity index (χ0n) is 48.7. The van der Waals surface area contributed by atoms with Gasteiger partial charge in [-0.15, -0.1) is 22.7 Å². The molecule has 16 aromatic carbocycles. The monoisotopic (exact) mass is 1250 g/mol.